The summed E-state index contributed by atoms with van der Waals surface area (Å²) < 4.78 is 25.5. The summed E-state index contributed by atoms with van der Waals surface area (Å²) in [5.41, 5.74) is 0.906. The van der Waals surface area contributed by atoms with Crippen LogP contribution in [0.2, 0.25) is 0 Å². The van der Waals surface area contributed by atoms with Crippen molar-refractivity contribution >= 4 is 7.69 Å². The maximum Gasteiger partial charge on any atom is 0.432 e. The first kappa shape index (κ1) is 13.2. The molecule has 2 aromatic rings. The van der Waals surface area contributed by atoms with Gasteiger partial charge in [0.05, 0.1) is 5.69 Å². The van der Waals surface area contributed by atoms with Gasteiger partial charge in [-0.3, -0.25) is 4.98 Å². The summed E-state index contributed by atoms with van der Waals surface area (Å²) in [6.07, 6.45) is 1.56. The highest BCUT2D eigenvalue weighted by Gasteiger charge is 2.04. The lowest BCUT2D eigenvalue weighted by Gasteiger charge is -1.99. The molecule has 2 rings (SSSR count). The van der Waals surface area contributed by atoms with Gasteiger partial charge in [0.15, 0.2) is 0 Å². The van der Waals surface area contributed by atoms with Crippen LogP contribution in [0.4, 0.5) is 8.78 Å². The molecule has 0 aromatic carbocycles. The molecule has 88 valence electrons. The van der Waals surface area contributed by atoms with E-state index in [1.54, 1.807) is 24.4 Å². The highest BCUT2D eigenvalue weighted by Crippen LogP contribution is 2.16. The van der Waals surface area contributed by atoms with Crippen LogP contribution in [-0.2, 0) is 0 Å². The van der Waals surface area contributed by atoms with E-state index >= 15 is 0 Å². The largest absolute Gasteiger partial charge is 0.432 e. The van der Waals surface area contributed by atoms with Gasteiger partial charge in [-0.2, -0.15) is 13.8 Å². The number of aromatic nitrogens is 2. The van der Waals surface area contributed by atoms with E-state index in [9.17, 15) is 8.78 Å². The molecule has 17 heavy (non-hydrogen) atoms. The summed E-state index contributed by atoms with van der Waals surface area (Å²) in [4.78, 5) is 6.97. The molecule has 0 saturated heterocycles. The standard InChI is InChI=1S/C10H6F2N2.BH3O2/c11-9-5-7(6-10(12)14-9)8-3-1-2-4-13-8;2-1-3/h1-6H;1-3H. The molecule has 0 aliphatic heterocycles. The summed E-state index contributed by atoms with van der Waals surface area (Å²) in [6, 6.07) is 7.45. The normalized spacial score (nSPS) is 9.18. The molecule has 2 N–H and O–H groups in total. The number of hydrogen-bond acceptors (Lipinski definition) is 4. The SMILES string of the molecule is Fc1cc(-c2ccccn2)cc(F)n1.OBO. The van der Waals surface area contributed by atoms with Gasteiger partial charge in [0.25, 0.3) is 0 Å². The van der Waals surface area contributed by atoms with Crippen molar-refractivity contribution in [1.29, 1.82) is 0 Å². The lowest BCUT2D eigenvalue weighted by Crippen LogP contribution is -1.90. The first-order chi connectivity index (χ1) is 8.17. The van der Waals surface area contributed by atoms with Crippen LogP contribution in [0, 0.1) is 11.9 Å². The van der Waals surface area contributed by atoms with Crippen molar-refractivity contribution in [2.75, 3.05) is 0 Å². The minimum atomic E-state index is -0.842. The van der Waals surface area contributed by atoms with Crippen molar-refractivity contribution < 1.29 is 18.8 Å². The Kier molecular flexibility index (Phi) is 5.18. The topological polar surface area (TPSA) is 66.2 Å². The summed E-state index contributed by atoms with van der Waals surface area (Å²) >= 11 is 0. The molecule has 0 aliphatic carbocycles. The van der Waals surface area contributed by atoms with E-state index < -0.39 is 19.6 Å². The number of hydrogen-bond donors (Lipinski definition) is 2. The first-order valence-electron chi connectivity index (χ1n) is 4.63. The molecular weight excluding hydrogens is 229 g/mol. The second kappa shape index (κ2) is 6.67. The van der Waals surface area contributed by atoms with Gasteiger partial charge in [-0.1, -0.05) is 6.07 Å². The van der Waals surface area contributed by atoms with Crippen LogP contribution in [0.5, 0.6) is 0 Å². The van der Waals surface area contributed by atoms with E-state index in [0.29, 0.717) is 11.3 Å². The van der Waals surface area contributed by atoms with Crippen LogP contribution in [-0.4, -0.2) is 27.7 Å². The lowest BCUT2D eigenvalue weighted by atomic mass is 10.2. The maximum absolute atomic E-state index is 12.7. The van der Waals surface area contributed by atoms with E-state index in [4.69, 9.17) is 10.0 Å². The smallest absolute Gasteiger partial charge is 0.430 e. The summed E-state index contributed by atoms with van der Waals surface area (Å²) in [5, 5.41) is 14.2. The Morgan fingerprint density at radius 2 is 1.65 bits per heavy atom. The van der Waals surface area contributed by atoms with Gasteiger partial charge in [0.1, 0.15) is 0 Å². The van der Waals surface area contributed by atoms with Crippen LogP contribution in [0.15, 0.2) is 36.5 Å². The molecule has 7 heteroatoms. The molecule has 4 nitrogen and oxygen atoms in total. The fraction of sp³-hybridized carbons (Fsp3) is 0. The second-order valence-corrected chi connectivity index (χ2v) is 2.86. The Labute approximate surface area is 96.9 Å². The third-order valence-corrected chi connectivity index (χ3v) is 1.72. The Balaban J connectivity index is 0.000000437. The molecule has 0 radical (unpaired) electrons. The zero-order chi connectivity index (χ0) is 12.7. The minimum Gasteiger partial charge on any atom is -0.430 e. The molecule has 0 aliphatic rings. The van der Waals surface area contributed by atoms with Crippen LogP contribution in [0.1, 0.15) is 0 Å². The number of rotatable bonds is 1. The predicted octanol–water partition coefficient (Wildman–Crippen LogP) is 0.659. The molecule has 0 amide bonds. The predicted molar refractivity (Wildman–Crippen MR) is 59.0 cm³/mol. The monoisotopic (exact) mass is 238 g/mol. The van der Waals surface area contributed by atoms with Crippen molar-refractivity contribution in [3.8, 4) is 11.3 Å². The molecule has 0 fully saturated rings. The average Bonchev–Trinajstić information content (AvgIpc) is 2.30. The van der Waals surface area contributed by atoms with Crippen molar-refractivity contribution in [1.82, 2.24) is 9.97 Å². The van der Waals surface area contributed by atoms with Crippen molar-refractivity contribution in [2.45, 2.75) is 0 Å². The van der Waals surface area contributed by atoms with Gasteiger partial charge >= 0.3 is 7.69 Å². The number of halogens is 2. The van der Waals surface area contributed by atoms with E-state index in [2.05, 4.69) is 9.97 Å². The van der Waals surface area contributed by atoms with Crippen LogP contribution < -0.4 is 0 Å². The Morgan fingerprint density at radius 1 is 1.06 bits per heavy atom. The zero-order valence-electron chi connectivity index (χ0n) is 8.72. The van der Waals surface area contributed by atoms with Gasteiger partial charge in [0, 0.05) is 23.9 Å². The van der Waals surface area contributed by atoms with E-state index in [-0.39, 0.29) is 0 Å². The molecular formula is C10H9BF2N2O2. The highest BCUT2D eigenvalue weighted by molar-refractivity contribution is 6.13. The third-order valence-electron chi connectivity index (χ3n) is 1.72. The zero-order valence-corrected chi connectivity index (χ0v) is 8.72. The van der Waals surface area contributed by atoms with Gasteiger partial charge in [-0.05, 0) is 12.1 Å². The summed E-state index contributed by atoms with van der Waals surface area (Å²) in [6.45, 7) is 0. The Morgan fingerprint density at radius 3 is 2.12 bits per heavy atom. The summed E-state index contributed by atoms with van der Waals surface area (Å²) in [7, 11) is -0.750. The molecule has 0 unspecified atom stereocenters. The van der Waals surface area contributed by atoms with Crippen molar-refractivity contribution in [3.63, 3.8) is 0 Å². The second-order valence-electron chi connectivity index (χ2n) is 2.86. The van der Waals surface area contributed by atoms with E-state index in [0.717, 1.165) is 12.1 Å². The van der Waals surface area contributed by atoms with Crippen LogP contribution >= 0.6 is 0 Å². The maximum atomic E-state index is 12.7. The lowest BCUT2D eigenvalue weighted by molar-refractivity contribution is 0.448. The van der Waals surface area contributed by atoms with Crippen LogP contribution in [0.25, 0.3) is 11.3 Å². The van der Waals surface area contributed by atoms with Gasteiger partial charge in [0.2, 0.25) is 11.9 Å². The quantitative estimate of drug-likeness (QED) is 0.565. The van der Waals surface area contributed by atoms with E-state index in [1.165, 1.54) is 0 Å². The molecule has 2 heterocycles. The van der Waals surface area contributed by atoms with Crippen molar-refractivity contribution in [2.24, 2.45) is 0 Å². The molecule has 2 aromatic heterocycles. The number of nitrogens with zero attached hydrogens (tertiary/aromatic N) is 2. The summed E-state index contributed by atoms with van der Waals surface area (Å²) in [5.74, 6) is -1.68. The minimum absolute atomic E-state index is 0.385. The molecule has 0 atom stereocenters. The van der Waals surface area contributed by atoms with Crippen LogP contribution in [0.3, 0.4) is 0 Å². The third kappa shape index (κ3) is 4.25. The highest BCUT2D eigenvalue weighted by atomic mass is 19.1. The molecule has 0 saturated carbocycles. The van der Waals surface area contributed by atoms with Gasteiger partial charge in [-0.15, -0.1) is 0 Å². The van der Waals surface area contributed by atoms with Gasteiger partial charge in [-0.25, -0.2) is 0 Å². The fourth-order valence-electron chi connectivity index (χ4n) is 1.15. The number of pyridine rings is 2. The van der Waals surface area contributed by atoms with E-state index in [1.807, 2.05) is 0 Å². The molecule has 0 spiro atoms. The van der Waals surface area contributed by atoms with Gasteiger partial charge < -0.3 is 10.0 Å². The first-order valence-corrected chi connectivity index (χ1v) is 4.63. The Hall–Kier alpha value is -1.86. The molecule has 0 bridgehead atoms. The fourth-order valence-corrected chi connectivity index (χ4v) is 1.15. The Bertz CT molecular complexity index is 451. The average molecular weight is 238 g/mol. The van der Waals surface area contributed by atoms with Crippen molar-refractivity contribution in [3.05, 3.63) is 48.4 Å².